The number of ether oxygens (including phenoxy) is 1. The van der Waals surface area contributed by atoms with Crippen molar-refractivity contribution in [1.82, 2.24) is 0 Å². The first-order valence-electron chi connectivity index (χ1n) is 9.68. The van der Waals surface area contributed by atoms with E-state index in [0.29, 0.717) is 5.57 Å². The lowest BCUT2D eigenvalue weighted by Crippen LogP contribution is -1.97. The van der Waals surface area contributed by atoms with Crippen molar-refractivity contribution in [2.75, 3.05) is 6.61 Å². The number of carbonyl (C=O) groups is 1. The minimum absolute atomic E-state index is 0.455. The van der Waals surface area contributed by atoms with Gasteiger partial charge in [-0.2, -0.15) is 0 Å². The highest BCUT2D eigenvalue weighted by atomic mass is 16.5. The third-order valence-corrected chi connectivity index (χ3v) is 4.63. The fourth-order valence-electron chi connectivity index (χ4n) is 2.98. The van der Waals surface area contributed by atoms with Gasteiger partial charge in [0, 0.05) is 5.57 Å². The summed E-state index contributed by atoms with van der Waals surface area (Å²) in [6, 6.07) is 14.6. The fourth-order valence-corrected chi connectivity index (χ4v) is 2.98. The van der Waals surface area contributed by atoms with Crippen LogP contribution < -0.4 is 4.74 Å². The molecule has 140 valence electrons. The molecule has 2 aromatic carbocycles. The lowest BCUT2D eigenvalue weighted by Gasteiger charge is -2.07. The van der Waals surface area contributed by atoms with E-state index in [1.807, 2.05) is 12.1 Å². The molecular formula is C23H30O3. The van der Waals surface area contributed by atoms with Gasteiger partial charge >= 0.3 is 5.97 Å². The highest BCUT2D eigenvalue weighted by Gasteiger charge is 1.99. The van der Waals surface area contributed by atoms with Gasteiger partial charge in [0.15, 0.2) is 0 Å². The number of hydrogen-bond acceptors (Lipinski definition) is 2. The first-order chi connectivity index (χ1) is 12.7. The van der Waals surface area contributed by atoms with Crippen LogP contribution in [0.15, 0.2) is 54.1 Å². The highest BCUT2D eigenvalue weighted by molar-refractivity contribution is 5.85. The first kappa shape index (κ1) is 20.0. The molecule has 1 N–H and O–H groups in total. The van der Waals surface area contributed by atoms with E-state index in [2.05, 4.69) is 36.4 Å². The second-order valence-corrected chi connectivity index (χ2v) is 6.81. The molecule has 2 rings (SSSR count). The Morgan fingerprint density at radius 2 is 1.58 bits per heavy atom. The molecule has 0 aliphatic carbocycles. The maximum atomic E-state index is 10.7. The molecule has 0 fully saturated rings. The summed E-state index contributed by atoms with van der Waals surface area (Å²) in [5.74, 6) is 0.143. The molecular weight excluding hydrogens is 324 g/mol. The zero-order valence-electron chi connectivity index (χ0n) is 15.7. The number of allylic oxidation sites excluding steroid dienone is 1. The third-order valence-electron chi connectivity index (χ3n) is 4.63. The number of aliphatic carboxylic acids is 1. The van der Waals surface area contributed by atoms with E-state index in [-0.39, 0.29) is 0 Å². The smallest absolute Gasteiger partial charge is 0.330 e. The molecule has 0 aliphatic rings. The molecule has 0 amide bonds. The van der Waals surface area contributed by atoms with E-state index < -0.39 is 5.97 Å². The molecule has 0 atom stereocenters. The molecule has 0 unspecified atom stereocenters. The first-order valence-corrected chi connectivity index (χ1v) is 9.68. The molecule has 3 nitrogen and oxygen atoms in total. The van der Waals surface area contributed by atoms with Crippen LogP contribution in [-0.2, 0) is 4.79 Å². The number of carboxylic acids is 1. The second-order valence-electron chi connectivity index (χ2n) is 6.81. The van der Waals surface area contributed by atoms with Crippen molar-refractivity contribution in [2.45, 2.75) is 58.3 Å². The molecule has 0 heterocycles. The summed E-state index contributed by atoms with van der Waals surface area (Å²) in [5.41, 5.74) is 0.455. The fraction of sp³-hybridized carbons (Fsp3) is 0.435. The van der Waals surface area contributed by atoms with Gasteiger partial charge in [0.25, 0.3) is 0 Å². The molecule has 0 bridgehead atoms. The van der Waals surface area contributed by atoms with Gasteiger partial charge in [-0.1, -0.05) is 68.5 Å². The van der Waals surface area contributed by atoms with Crippen LogP contribution in [0.2, 0.25) is 0 Å². The van der Waals surface area contributed by atoms with Crippen molar-refractivity contribution in [3.63, 3.8) is 0 Å². The summed E-state index contributed by atoms with van der Waals surface area (Å²) in [6.07, 6.45) is 11.0. The van der Waals surface area contributed by atoms with E-state index in [1.165, 1.54) is 42.9 Å². The minimum Gasteiger partial charge on any atom is -0.494 e. The highest BCUT2D eigenvalue weighted by Crippen LogP contribution is 2.20. The van der Waals surface area contributed by atoms with Crippen molar-refractivity contribution >= 4 is 16.7 Å². The minimum atomic E-state index is -0.809. The summed E-state index contributed by atoms with van der Waals surface area (Å²) in [4.78, 5) is 10.7. The van der Waals surface area contributed by atoms with Gasteiger partial charge in [0.1, 0.15) is 5.75 Å². The van der Waals surface area contributed by atoms with Crippen LogP contribution in [0.4, 0.5) is 0 Å². The summed E-state index contributed by atoms with van der Waals surface area (Å²) in [5, 5.41) is 11.2. The Morgan fingerprint density at radius 3 is 2.31 bits per heavy atom. The van der Waals surface area contributed by atoms with Gasteiger partial charge in [-0.3, -0.25) is 0 Å². The van der Waals surface area contributed by atoms with Crippen LogP contribution in [0.25, 0.3) is 10.8 Å². The van der Waals surface area contributed by atoms with E-state index >= 15 is 0 Å². The monoisotopic (exact) mass is 354 g/mol. The van der Waals surface area contributed by atoms with Gasteiger partial charge in [0.2, 0.25) is 0 Å². The largest absolute Gasteiger partial charge is 0.494 e. The van der Waals surface area contributed by atoms with Crippen molar-refractivity contribution in [2.24, 2.45) is 0 Å². The molecule has 26 heavy (non-hydrogen) atoms. The lowest BCUT2D eigenvalue weighted by molar-refractivity contribution is -0.132. The Hall–Kier alpha value is -2.29. The summed E-state index contributed by atoms with van der Waals surface area (Å²) < 4.78 is 5.86. The molecule has 0 aromatic heterocycles. The van der Waals surface area contributed by atoms with Gasteiger partial charge in [-0.05, 0) is 49.1 Å². The maximum Gasteiger partial charge on any atom is 0.330 e. The van der Waals surface area contributed by atoms with Crippen molar-refractivity contribution in [3.8, 4) is 5.75 Å². The van der Waals surface area contributed by atoms with Crippen LogP contribution in [0.5, 0.6) is 5.75 Å². The van der Waals surface area contributed by atoms with Crippen LogP contribution >= 0.6 is 0 Å². The SMILES string of the molecule is CC(=CCCCCCCCCCOc1ccc2ccccc2c1)C(=O)O. The Labute approximate surface area is 156 Å². The lowest BCUT2D eigenvalue weighted by atomic mass is 10.1. The molecule has 0 saturated carbocycles. The number of unbranched alkanes of at least 4 members (excludes halogenated alkanes) is 7. The van der Waals surface area contributed by atoms with Crippen molar-refractivity contribution in [1.29, 1.82) is 0 Å². The summed E-state index contributed by atoms with van der Waals surface area (Å²) >= 11 is 0. The number of carboxylic acid groups (broad SMARTS) is 1. The molecule has 0 aliphatic heterocycles. The van der Waals surface area contributed by atoms with Crippen LogP contribution in [-0.4, -0.2) is 17.7 Å². The molecule has 2 aromatic rings. The van der Waals surface area contributed by atoms with Gasteiger partial charge in [-0.15, -0.1) is 0 Å². The Kier molecular flexibility index (Phi) is 8.74. The number of rotatable bonds is 12. The maximum absolute atomic E-state index is 10.7. The average molecular weight is 354 g/mol. The van der Waals surface area contributed by atoms with E-state index in [9.17, 15) is 4.79 Å². The molecule has 0 spiro atoms. The normalized spacial score (nSPS) is 11.7. The summed E-state index contributed by atoms with van der Waals surface area (Å²) in [7, 11) is 0. The van der Waals surface area contributed by atoms with Crippen LogP contribution in [0.3, 0.4) is 0 Å². The predicted octanol–water partition coefficient (Wildman–Crippen LogP) is 6.37. The number of fused-ring (bicyclic) bond motifs is 1. The Balaban J connectivity index is 1.48. The topological polar surface area (TPSA) is 46.5 Å². The average Bonchev–Trinajstić information content (AvgIpc) is 2.65. The summed E-state index contributed by atoms with van der Waals surface area (Å²) in [6.45, 7) is 2.43. The molecule has 0 saturated heterocycles. The zero-order chi connectivity index (χ0) is 18.6. The predicted molar refractivity (Wildman–Crippen MR) is 108 cm³/mol. The molecule has 3 heteroatoms. The van der Waals surface area contributed by atoms with Crippen molar-refractivity contribution < 1.29 is 14.6 Å². The van der Waals surface area contributed by atoms with Gasteiger partial charge in [-0.25, -0.2) is 4.79 Å². The van der Waals surface area contributed by atoms with Gasteiger partial charge < -0.3 is 9.84 Å². The zero-order valence-corrected chi connectivity index (χ0v) is 15.7. The van der Waals surface area contributed by atoms with E-state index in [4.69, 9.17) is 9.84 Å². The quantitative estimate of drug-likeness (QED) is 0.356. The number of benzene rings is 2. The standard InChI is InChI=1S/C23H30O3/c1-19(23(24)25)12-8-6-4-2-3-5-7-11-17-26-22-16-15-20-13-9-10-14-21(20)18-22/h9-10,12-16,18H,2-8,11,17H2,1H3,(H,24,25). The Morgan fingerprint density at radius 1 is 0.923 bits per heavy atom. The van der Waals surface area contributed by atoms with Crippen LogP contribution in [0.1, 0.15) is 58.3 Å². The second kappa shape index (κ2) is 11.3. The number of hydrogen-bond donors (Lipinski definition) is 1. The van der Waals surface area contributed by atoms with E-state index in [1.54, 1.807) is 6.92 Å². The third kappa shape index (κ3) is 7.30. The van der Waals surface area contributed by atoms with Crippen molar-refractivity contribution in [3.05, 3.63) is 54.1 Å². The Bertz CT molecular complexity index is 718. The van der Waals surface area contributed by atoms with E-state index in [0.717, 1.165) is 31.6 Å². The van der Waals surface area contributed by atoms with Gasteiger partial charge in [0.05, 0.1) is 6.61 Å². The molecule has 0 radical (unpaired) electrons. The van der Waals surface area contributed by atoms with Crippen LogP contribution in [0, 0.1) is 0 Å².